The molecule has 1 aromatic rings. The Bertz CT molecular complexity index is 342. The van der Waals surface area contributed by atoms with E-state index in [2.05, 4.69) is 28.2 Å². The summed E-state index contributed by atoms with van der Waals surface area (Å²) in [5.41, 5.74) is 1.16. The number of hydrogen-bond donors (Lipinski definition) is 2. The number of rotatable bonds is 5. The lowest BCUT2D eigenvalue weighted by Crippen LogP contribution is -2.27. The van der Waals surface area contributed by atoms with Crippen molar-refractivity contribution in [1.82, 2.24) is 5.32 Å². The van der Waals surface area contributed by atoms with Gasteiger partial charge in [-0.1, -0.05) is 6.07 Å². The summed E-state index contributed by atoms with van der Waals surface area (Å²) >= 11 is 3.45. The summed E-state index contributed by atoms with van der Waals surface area (Å²) in [6.07, 6.45) is -0.330. The summed E-state index contributed by atoms with van der Waals surface area (Å²) in [6.45, 7) is 4.42. The van der Waals surface area contributed by atoms with E-state index in [4.69, 9.17) is 4.74 Å². The predicted octanol–water partition coefficient (Wildman–Crippen LogP) is 2.49. The van der Waals surface area contributed by atoms with Crippen LogP contribution in [0.1, 0.15) is 25.5 Å². The Kier molecular flexibility index (Phi) is 5.25. The molecule has 0 heterocycles. The monoisotopic (exact) mass is 287 g/mol. The lowest BCUT2D eigenvalue weighted by molar-refractivity contribution is 0.187. The van der Waals surface area contributed by atoms with Crippen LogP contribution in [0.4, 0.5) is 0 Å². The van der Waals surface area contributed by atoms with Crippen LogP contribution in [0.15, 0.2) is 22.7 Å². The quantitative estimate of drug-likeness (QED) is 0.874. The molecule has 0 bridgehead atoms. The largest absolute Gasteiger partial charge is 0.496 e. The summed E-state index contributed by atoms with van der Waals surface area (Å²) in [5, 5.41) is 12.4. The molecule has 16 heavy (non-hydrogen) atoms. The second kappa shape index (κ2) is 6.23. The molecule has 2 unspecified atom stereocenters. The van der Waals surface area contributed by atoms with Crippen molar-refractivity contribution in [3.05, 3.63) is 28.2 Å². The van der Waals surface area contributed by atoms with Crippen molar-refractivity contribution < 1.29 is 9.84 Å². The van der Waals surface area contributed by atoms with E-state index in [9.17, 15) is 5.11 Å². The molecule has 1 rings (SSSR count). The second-order valence-electron chi connectivity index (χ2n) is 3.87. The molecule has 1 aromatic carbocycles. The van der Waals surface area contributed by atoms with Gasteiger partial charge in [-0.05, 0) is 47.5 Å². The van der Waals surface area contributed by atoms with Crippen molar-refractivity contribution in [3.8, 4) is 5.75 Å². The zero-order valence-electron chi connectivity index (χ0n) is 9.83. The van der Waals surface area contributed by atoms with E-state index >= 15 is 0 Å². The van der Waals surface area contributed by atoms with Crippen molar-refractivity contribution in [2.24, 2.45) is 0 Å². The molecule has 3 nitrogen and oxygen atoms in total. The van der Waals surface area contributed by atoms with Crippen molar-refractivity contribution in [2.45, 2.75) is 26.0 Å². The first kappa shape index (κ1) is 13.5. The van der Waals surface area contributed by atoms with Gasteiger partial charge in [0.1, 0.15) is 5.75 Å². The predicted molar refractivity (Wildman–Crippen MR) is 68.8 cm³/mol. The molecule has 0 saturated carbocycles. The van der Waals surface area contributed by atoms with Crippen LogP contribution in [0, 0.1) is 0 Å². The second-order valence-corrected chi connectivity index (χ2v) is 4.73. The van der Waals surface area contributed by atoms with E-state index in [1.54, 1.807) is 14.0 Å². The topological polar surface area (TPSA) is 41.5 Å². The molecule has 0 fully saturated rings. The number of methoxy groups -OCH3 is 1. The maximum atomic E-state index is 9.19. The van der Waals surface area contributed by atoms with Gasteiger partial charge in [-0.3, -0.25) is 0 Å². The average molecular weight is 288 g/mol. The highest BCUT2D eigenvalue weighted by Gasteiger charge is 2.08. The minimum absolute atomic E-state index is 0.205. The van der Waals surface area contributed by atoms with E-state index in [-0.39, 0.29) is 12.1 Å². The van der Waals surface area contributed by atoms with Gasteiger partial charge in [0.05, 0.1) is 17.7 Å². The van der Waals surface area contributed by atoms with Gasteiger partial charge >= 0.3 is 0 Å². The Hall–Kier alpha value is -0.580. The fraction of sp³-hybridized carbons (Fsp3) is 0.500. The standard InChI is InChI=1S/C12H18BrNO2/c1-8(15)7-14-9(2)10-4-5-12(16-3)11(13)6-10/h4-6,8-9,14-15H,7H2,1-3H3. The molecule has 0 aliphatic rings. The van der Waals surface area contributed by atoms with Gasteiger partial charge in [0.15, 0.2) is 0 Å². The molecule has 0 spiro atoms. The number of hydrogen-bond acceptors (Lipinski definition) is 3. The van der Waals surface area contributed by atoms with E-state index in [1.165, 1.54) is 0 Å². The molecule has 90 valence electrons. The van der Waals surface area contributed by atoms with E-state index in [0.717, 1.165) is 15.8 Å². The highest BCUT2D eigenvalue weighted by molar-refractivity contribution is 9.10. The van der Waals surface area contributed by atoms with Crippen LogP contribution >= 0.6 is 15.9 Å². The Morgan fingerprint density at radius 3 is 2.62 bits per heavy atom. The summed E-state index contributed by atoms with van der Waals surface area (Å²) in [5.74, 6) is 0.825. The van der Waals surface area contributed by atoms with Gasteiger partial charge in [-0.15, -0.1) is 0 Å². The lowest BCUT2D eigenvalue weighted by atomic mass is 10.1. The van der Waals surface area contributed by atoms with E-state index in [0.29, 0.717) is 6.54 Å². The SMILES string of the molecule is COc1ccc(C(C)NCC(C)O)cc1Br. The molecule has 0 aliphatic heterocycles. The number of ether oxygens (including phenoxy) is 1. The van der Waals surface area contributed by atoms with Gasteiger partial charge < -0.3 is 15.2 Å². The minimum Gasteiger partial charge on any atom is -0.496 e. The first-order chi connectivity index (χ1) is 7.54. The Morgan fingerprint density at radius 2 is 2.12 bits per heavy atom. The van der Waals surface area contributed by atoms with Crippen LogP contribution in [0.2, 0.25) is 0 Å². The summed E-state index contributed by atoms with van der Waals surface area (Å²) in [7, 11) is 1.65. The minimum atomic E-state index is -0.330. The number of aliphatic hydroxyl groups excluding tert-OH is 1. The molecule has 2 atom stereocenters. The van der Waals surface area contributed by atoms with Gasteiger partial charge in [0.2, 0.25) is 0 Å². The number of benzene rings is 1. The zero-order valence-corrected chi connectivity index (χ0v) is 11.4. The summed E-state index contributed by atoms with van der Waals surface area (Å²) < 4.78 is 6.11. The Labute approximate surface area is 105 Å². The smallest absolute Gasteiger partial charge is 0.133 e. The molecule has 0 aliphatic carbocycles. The van der Waals surface area contributed by atoms with Crippen LogP contribution in [0.25, 0.3) is 0 Å². The molecule has 2 N–H and O–H groups in total. The maximum absolute atomic E-state index is 9.19. The zero-order chi connectivity index (χ0) is 12.1. The summed E-state index contributed by atoms with van der Waals surface area (Å²) in [6, 6.07) is 6.18. The van der Waals surface area contributed by atoms with Crippen LogP contribution in [-0.2, 0) is 0 Å². The highest BCUT2D eigenvalue weighted by atomic mass is 79.9. The van der Waals surface area contributed by atoms with E-state index < -0.39 is 0 Å². The molecular weight excluding hydrogens is 270 g/mol. The fourth-order valence-electron chi connectivity index (χ4n) is 1.42. The number of aliphatic hydroxyl groups is 1. The Balaban J connectivity index is 2.69. The number of nitrogens with one attached hydrogen (secondary N) is 1. The third kappa shape index (κ3) is 3.77. The number of halogens is 1. The van der Waals surface area contributed by atoms with Crippen molar-refractivity contribution in [1.29, 1.82) is 0 Å². The lowest BCUT2D eigenvalue weighted by Gasteiger charge is -2.16. The summed E-state index contributed by atoms with van der Waals surface area (Å²) in [4.78, 5) is 0. The maximum Gasteiger partial charge on any atom is 0.133 e. The third-order valence-electron chi connectivity index (χ3n) is 2.40. The molecule has 0 aromatic heterocycles. The molecule has 0 radical (unpaired) electrons. The average Bonchev–Trinajstić information content (AvgIpc) is 2.25. The fourth-order valence-corrected chi connectivity index (χ4v) is 1.98. The molecule has 0 amide bonds. The van der Waals surface area contributed by atoms with Gasteiger partial charge in [0.25, 0.3) is 0 Å². The Morgan fingerprint density at radius 1 is 1.44 bits per heavy atom. The van der Waals surface area contributed by atoms with Crippen molar-refractivity contribution in [3.63, 3.8) is 0 Å². The molecule has 0 saturated heterocycles. The van der Waals surface area contributed by atoms with Gasteiger partial charge in [0, 0.05) is 12.6 Å². The third-order valence-corrected chi connectivity index (χ3v) is 3.02. The van der Waals surface area contributed by atoms with Crippen molar-refractivity contribution in [2.75, 3.05) is 13.7 Å². The molecule has 4 heteroatoms. The first-order valence-electron chi connectivity index (χ1n) is 5.29. The van der Waals surface area contributed by atoms with Crippen LogP contribution in [0.3, 0.4) is 0 Å². The van der Waals surface area contributed by atoms with Crippen LogP contribution in [0.5, 0.6) is 5.75 Å². The van der Waals surface area contributed by atoms with Crippen LogP contribution < -0.4 is 10.1 Å². The molecular formula is C12H18BrNO2. The van der Waals surface area contributed by atoms with Crippen molar-refractivity contribution >= 4 is 15.9 Å². The normalized spacial score (nSPS) is 14.6. The van der Waals surface area contributed by atoms with Crippen LogP contribution in [-0.4, -0.2) is 24.9 Å². The first-order valence-corrected chi connectivity index (χ1v) is 6.08. The highest BCUT2D eigenvalue weighted by Crippen LogP contribution is 2.27. The van der Waals surface area contributed by atoms with Gasteiger partial charge in [-0.2, -0.15) is 0 Å². The van der Waals surface area contributed by atoms with Gasteiger partial charge in [-0.25, -0.2) is 0 Å². The van der Waals surface area contributed by atoms with E-state index in [1.807, 2.05) is 18.2 Å².